The fourth-order valence-electron chi connectivity index (χ4n) is 3.20. The molecule has 1 saturated heterocycles. The first-order chi connectivity index (χ1) is 11.9. The normalized spacial score (nSPS) is 23.4. The number of benzene rings is 1. The van der Waals surface area contributed by atoms with E-state index in [0.717, 1.165) is 0 Å². The molecule has 0 unspecified atom stereocenters. The molecule has 0 aliphatic carbocycles. The zero-order valence-corrected chi connectivity index (χ0v) is 14.1. The first-order valence-electron chi connectivity index (χ1n) is 7.76. The Morgan fingerprint density at radius 2 is 2.24 bits per heavy atom. The molecule has 8 heteroatoms. The third-order valence-electron chi connectivity index (χ3n) is 4.56. The summed E-state index contributed by atoms with van der Waals surface area (Å²) in [4.78, 5) is 29.9. The molecule has 2 atom stereocenters. The number of aliphatic hydroxyl groups is 1. The van der Waals surface area contributed by atoms with Crippen molar-refractivity contribution in [3.8, 4) is 0 Å². The highest BCUT2D eigenvalue weighted by molar-refractivity contribution is 7.07. The van der Waals surface area contributed by atoms with Gasteiger partial charge >= 0.3 is 5.97 Å². The summed E-state index contributed by atoms with van der Waals surface area (Å²) < 4.78 is 13.5. The highest BCUT2D eigenvalue weighted by atomic mass is 32.1. The van der Waals surface area contributed by atoms with E-state index >= 15 is 0 Å². The second-order valence-electron chi connectivity index (χ2n) is 6.17. The molecule has 1 aromatic heterocycles. The van der Waals surface area contributed by atoms with Gasteiger partial charge in [0.25, 0.3) is 5.91 Å². The Hall–Kier alpha value is -2.32. The lowest BCUT2D eigenvalue weighted by molar-refractivity contribution is -0.161. The molecule has 0 spiro atoms. The molecule has 1 fully saturated rings. The predicted molar refractivity (Wildman–Crippen MR) is 88.8 cm³/mol. The van der Waals surface area contributed by atoms with E-state index in [0.29, 0.717) is 5.56 Å². The first-order valence-corrected chi connectivity index (χ1v) is 8.70. The third-order valence-corrected chi connectivity index (χ3v) is 5.14. The smallest absolute Gasteiger partial charge is 0.314 e. The second kappa shape index (κ2) is 6.89. The highest BCUT2D eigenvalue weighted by Gasteiger charge is 2.50. The Morgan fingerprint density at radius 1 is 1.44 bits per heavy atom. The summed E-state index contributed by atoms with van der Waals surface area (Å²) in [7, 11) is 0. The van der Waals surface area contributed by atoms with E-state index in [-0.39, 0.29) is 37.5 Å². The molecular formula is C17H17FN2O4S. The standard InChI is InChI=1S/C17H17FN2O4S/c18-12-3-1-2-11(6-12)7-17(16(23)24)9-20(5-4-14(17)21)15(22)13-8-25-10-19-13/h1-3,6,8,10,14,21H,4-5,7,9H2,(H,23,24)/t14-,17-/m1/s1. The van der Waals surface area contributed by atoms with Crippen molar-refractivity contribution in [2.24, 2.45) is 5.41 Å². The average molecular weight is 364 g/mol. The van der Waals surface area contributed by atoms with Crippen molar-refractivity contribution in [3.05, 3.63) is 52.2 Å². The number of carboxylic acid groups (broad SMARTS) is 1. The number of carbonyl (C=O) groups is 2. The molecule has 1 aromatic carbocycles. The number of hydrogen-bond acceptors (Lipinski definition) is 5. The molecule has 3 rings (SSSR count). The molecule has 2 N–H and O–H groups in total. The summed E-state index contributed by atoms with van der Waals surface area (Å²) in [5, 5.41) is 21.8. The van der Waals surface area contributed by atoms with Crippen LogP contribution in [0.25, 0.3) is 0 Å². The van der Waals surface area contributed by atoms with Crippen LogP contribution in [0.2, 0.25) is 0 Å². The van der Waals surface area contributed by atoms with Crippen LogP contribution >= 0.6 is 11.3 Å². The second-order valence-corrected chi connectivity index (χ2v) is 6.89. The summed E-state index contributed by atoms with van der Waals surface area (Å²) in [6.07, 6.45) is -1.06. The van der Waals surface area contributed by atoms with Gasteiger partial charge in [-0.2, -0.15) is 0 Å². The third kappa shape index (κ3) is 3.40. The quantitative estimate of drug-likeness (QED) is 0.863. The molecule has 1 aliphatic heterocycles. The van der Waals surface area contributed by atoms with Gasteiger partial charge in [0.15, 0.2) is 0 Å². The number of thiazole rings is 1. The Bertz CT molecular complexity index is 783. The van der Waals surface area contributed by atoms with Crippen molar-refractivity contribution in [2.45, 2.75) is 18.9 Å². The van der Waals surface area contributed by atoms with Gasteiger partial charge in [0.1, 0.15) is 16.9 Å². The fourth-order valence-corrected chi connectivity index (χ4v) is 3.73. The van der Waals surface area contributed by atoms with Gasteiger partial charge in [0.05, 0.1) is 11.6 Å². The van der Waals surface area contributed by atoms with E-state index in [2.05, 4.69) is 4.98 Å². The largest absolute Gasteiger partial charge is 0.481 e. The van der Waals surface area contributed by atoms with Crippen molar-refractivity contribution in [1.29, 1.82) is 0 Å². The maximum atomic E-state index is 13.5. The summed E-state index contributed by atoms with van der Waals surface area (Å²) in [6, 6.07) is 5.63. The minimum absolute atomic E-state index is 0.0674. The molecule has 6 nitrogen and oxygen atoms in total. The monoisotopic (exact) mass is 364 g/mol. The lowest BCUT2D eigenvalue weighted by Crippen LogP contribution is -2.58. The van der Waals surface area contributed by atoms with Gasteiger partial charge in [-0.05, 0) is 30.5 Å². The van der Waals surface area contributed by atoms with E-state index in [4.69, 9.17) is 0 Å². The molecule has 132 valence electrons. The molecule has 0 bridgehead atoms. The molecule has 2 heterocycles. The van der Waals surface area contributed by atoms with E-state index < -0.39 is 23.3 Å². The maximum Gasteiger partial charge on any atom is 0.314 e. The van der Waals surface area contributed by atoms with Crippen molar-refractivity contribution >= 4 is 23.2 Å². The lowest BCUT2D eigenvalue weighted by atomic mass is 9.72. The van der Waals surface area contributed by atoms with E-state index in [1.807, 2.05) is 0 Å². The highest BCUT2D eigenvalue weighted by Crippen LogP contribution is 2.35. The van der Waals surface area contributed by atoms with Crippen LogP contribution < -0.4 is 0 Å². The van der Waals surface area contributed by atoms with E-state index in [9.17, 15) is 24.2 Å². The molecule has 1 aliphatic rings. The molecule has 1 amide bonds. The van der Waals surface area contributed by atoms with Gasteiger partial charge in [-0.25, -0.2) is 9.37 Å². The Labute approximate surface area is 147 Å². The van der Waals surface area contributed by atoms with Gasteiger partial charge in [0, 0.05) is 18.5 Å². The first kappa shape index (κ1) is 17.5. The lowest BCUT2D eigenvalue weighted by Gasteiger charge is -2.43. The minimum atomic E-state index is -1.59. The van der Waals surface area contributed by atoms with Crippen molar-refractivity contribution < 1.29 is 24.2 Å². The number of aliphatic carboxylic acids is 1. The van der Waals surface area contributed by atoms with Gasteiger partial charge < -0.3 is 15.1 Å². The number of likely N-dealkylation sites (tertiary alicyclic amines) is 1. The number of nitrogens with zero attached hydrogens (tertiary/aromatic N) is 2. The molecular weight excluding hydrogens is 347 g/mol. The van der Waals surface area contributed by atoms with Crippen LogP contribution in [0.5, 0.6) is 0 Å². The van der Waals surface area contributed by atoms with Crippen LogP contribution in [0.15, 0.2) is 35.2 Å². The zero-order valence-electron chi connectivity index (χ0n) is 13.3. The molecule has 0 radical (unpaired) electrons. The molecule has 25 heavy (non-hydrogen) atoms. The fraction of sp³-hybridized carbons (Fsp3) is 0.353. The maximum absolute atomic E-state index is 13.5. The number of aliphatic hydroxyl groups excluding tert-OH is 1. The van der Waals surface area contributed by atoms with Crippen molar-refractivity contribution in [3.63, 3.8) is 0 Å². The number of carbonyl (C=O) groups excluding carboxylic acids is 1. The van der Waals surface area contributed by atoms with E-state index in [1.54, 1.807) is 11.4 Å². The topological polar surface area (TPSA) is 90.7 Å². The molecule has 0 saturated carbocycles. The summed E-state index contributed by atoms with van der Waals surface area (Å²) >= 11 is 1.28. The number of hydrogen-bond donors (Lipinski definition) is 2. The number of aromatic nitrogens is 1. The van der Waals surface area contributed by atoms with Gasteiger partial charge in [-0.3, -0.25) is 9.59 Å². The number of amides is 1. The average Bonchev–Trinajstić information content (AvgIpc) is 3.10. The Balaban J connectivity index is 1.90. The van der Waals surface area contributed by atoms with Crippen LogP contribution in [-0.4, -0.2) is 51.2 Å². The summed E-state index contributed by atoms with van der Waals surface area (Å²) in [5.74, 6) is -2.04. The van der Waals surface area contributed by atoms with Crippen LogP contribution in [0.1, 0.15) is 22.5 Å². The number of carboxylic acids is 1. The van der Waals surface area contributed by atoms with Crippen LogP contribution in [0.3, 0.4) is 0 Å². The predicted octanol–water partition coefficient (Wildman–Crippen LogP) is 1.80. The van der Waals surface area contributed by atoms with Crippen LogP contribution in [0.4, 0.5) is 4.39 Å². The van der Waals surface area contributed by atoms with E-state index in [1.165, 1.54) is 39.9 Å². The van der Waals surface area contributed by atoms with Crippen LogP contribution in [-0.2, 0) is 11.2 Å². The Morgan fingerprint density at radius 3 is 2.88 bits per heavy atom. The van der Waals surface area contributed by atoms with Crippen LogP contribution in [0, 0.1) is 11.2 Å². The van der Waals surface area contributed by atoms with Crippen molar-refractivity contribution in [1.82, 2.24) is 9.88 Å². The zero-order chi connectivity index (χ0) is 18.0. The van der Waals surface area contributed by atoms with Crippen molar-refractivity contribution in [2.75, 3.05) is 13.1 Å². The molecule has 2 aromatic rings. The number of halogens is 1. The number of piperidine rings is 1. The summed E-state index contributed by atoms with van der Waals surface area (Å²) in [5.41, 5.74) is 0.664. The summed E-state index contributed by atoms with van der Waals surface area (Å²) in [6.45, 7) is 0.0894. The van der Waals surface area contributed by atoms with Gasteiger partial charge in [-0.15, -0.1) is 11.3 Å². The van der Waals surface area contributed by atoms with Gasteiger partial charge in [0.2, 0.25) is 0 Å². The van der Waals surface area contributed by atoms with Gasteiger partial charge in [-0.1, -0.05) is 12.1 Å². The Kier molecular flexibility index (Phi) is 4.82. The SMILES string of the molecule is O=C(c1cscn1)N1CC[C@@H](O)[C@](Cc2cccc(F)c2)(C(=O)O)C1. The minimum Gasteiger partial charge on any atom is -0.481 e. The number of rotatable bonds is 4.